The maximum atomic E-state index is 11.0. The lowest BCUT2D eigenvalue weighted by Crippen LogP contribution is -2.12. The van der Waals surface area contributed by atoms with Crippen LogP contribution in [0.2, 0.25) is 0 Å². The van der Waals surface area contributed by atoms with E-state index >= 15 is 0 Å². The van der Waals surface area contributed by atoms with Gasteiger partial charge in [0.15, 0.2) is 5.69 Å². The number of benzene rings is 1. The molecule has 0 saturated carbocycles. The van der Waals surface area contributed by atoms with Crippen LogP contribution in [0.15, 0.2) is 28.7 Å². The van der Waals surface area contributed by atoms with Crippen molar-refractivity contribution in [1.29, 1.82) is 0 Å². The van der Waals surface area contributed by atoms with Crippen molar-refractivity contribution >= 4 is 38.5 Å². The lowest BCUT2D eigenvalue weighted by atomic mass is 10.1. The van der Waals surface area contributed by atoms with Crippen LogP contribution in [0.3, 0.4) is 0 Å². The summed E-state index contributed by atoms with van der Waals surface area (Å²) in [5.41, 5.74) is 1.55. The number of aromatic carboxylic acids is 1. The predicted octanol–water partition coefficient (Wildman–Crippen LogP) is 2.76. The van der Waals surface area contributed by atoms with E-state index in [1.807, 2.05) is 37.2 Å². The van der Waals surface area contributed by atoms with Crippen molar-refractivity contribution in [2.45, 2.75) is 0 Å². The largest absolute Gasteiger partial charge is 0.477 e. The highest BCUT2D eigenvalue weighted by atomic mass is 79.9. The third-order valence-electron chi connectivity index (χ3n) is 2.47. The SMILES string of the molecule is CN(C)c1cc(C(=O)O)nc2c(Br)cccc12. The average Bonchev–Trinajstić information content (AvgIpc) is 2.28. The molecule has 2 aromatic rings. The van der Waals surface area contributed by atoms with Crippen molar-refractivity contribution in [2.75, 3.05) is 19.0 Å². The molecule has 17 heavy (non-hydrogen) atoms. The van der Waals surface area contributed by atoms with Crippen LogP contribution in [0.1, 0.15) is 10.5 Å². The zero-order chi connectivity index (χ0) is 12.6. The molecule has 0 amide bonds. The molecule has 0 bridgehead atoms. The van der Waals surface area contributed by atoms with E-state index in [-0.39, 0.29) is 5.69 Å². The molecule has 0 saturated heterocycles. The summed E-state index contributed by atoms with van der Waals surface area (Å²) in [6.07, 6.45) is 0. The van der Waals surface area contributed by atoms with Gasteiger partial charge in [-0.15, -0.1) is 0 Å². The summed E-state index contributed by atoms with van der Waals surface area (Å²) in [6.45, 7) is 0. The fourth-order valence-electron chi connectivity index (χ4n) is 1.68. The first-order valence-corrected chi connectivity index (χ1v) is 5.80. The van der Waals surface area contributed by atoms with Gasteiger partial charge in [-0.3, -0.25) is 0 Å². The Morgan fingerprint density at radius 3 is 2.71 bits per heavy atom. The summed E-state index contributed by atoms with van der Waals surface area (Å²) in [4.78, 5) is 17.1. The van der Waals surface area contributed by atoms with Crippen LogP contribution in [0.5, 0.6) is 0 Å². The highest BCUT2D eigenvalue weighted by Gasteiger charge is 2.13. The summed E-state index contributed by atoms with van der Waals surface area (Å²) >= 11 is 3.39. The van der Waals surface area contributed by atoms with E-state index in [0.717, 1.165) is 15.5 Å². The number of aromatic nitrogens is 1. The molecule has 1 aromatic carbocycles. The molecule has 0 unspecified atom stereocenters. The Morgan fingerprint density at radius 2 is 2.12 bits per heavy atom. The first-order chi connectivity index (χ1) is 8.00. The minimum atomic E-state index is -1.02. The van der Waals surface area contributed by atoms with E-state index in [4.69, 9.17) is 5.11 Å². The topological polar surface area (TPSA) is 53.4 Å². The van der Waals surface area contributed by atoms with Gasteiger partial charge in [0.05, 0.1) is 5.52 Å². The van der Waals surface area contributed by atoms with Gasteiger partial charge in [0.2, 0.25) is 0 Å². The molecule has 0 aliphatic carbocycles. The summed E-state index contributed by atoms with van der Waals surface area (Å²) in [7, 11) is 3.75. The van der Waals surface area contributed by atoms with Crippen molar-refractivity contribution in [1.82, 2.24) is 4.98 Å². The van der Waals surface area contributed by atoms with E-state index in [2.05, 4.69) is 20.9 Å². The molecular formula is C12H11BrN2O2. The fourth-order valence-corrected chi connectivity index (χ4v) is 2.13. The van der Waals surface area contributed by atoms with Gasteiger partial charge in [-0.05, 0) is 28.1 Å². The molecule has 1 heterocycles. The summed E-state index contributed by atoms with van der Waals surface area (Å²) in [5, 5.41) is 9.97. The quantitative estimate of drug-likeness (QED) is 0.925. The smallest absolute Gasteiger partial charge is 0.354 e. The Bertz CT molecular complexity index is 596. The maximum absolute atomic E-state index is 11.0. The van der Waals surface area contributed by atoms with Gasteiger partial charge in [-0.25, -0.2) is 9.78 Å². The Morgan fingerprint density at radius 1 is 1.41 bits per heavy atom. The van der Waals surface area contributed by atoms with Gasteiger partial charge in [0.1, 0.15) is 0 Å². The van der Waals surface area contributed by atoms with E-state index in [1.165, 1.54) is 0 Å². The molecule has 1 N–H and O–H groups in total. The normalized spacial score (nSPS) is 10.5. The number of halogens is 1. The number of pyridine rings is 1. The van der Waals surface area contributed by atoms with Crippen LogP contribution in [-0.4, -0.2) is 30.2 Å². The number of hydrogen-bond donors (Lipinski definition) is 1. The Labute approximate surface area is 107 Å². The maximum Gasteiger partial charge on any atom is 0.354 e. The minimum absolute atomic E-state index is 0.0492. The molecule has 0 radical (unpaired) electrons. The van der Waals surface area contributed by atoms with Crippen LogP contribution in [0.25, 0.3) is 10.9 Å². The van der Waals surface area contributed by atoms with Crippen molar-refractivity contribution < 1.29 is 9.90 Å². The first-order valence-electron chi connectivity index (χ1n) is 5.00. The Hall–Kier alpha value is -1.62. The molecule has 0 atom stereocenters. The second-order valence-corrected chi connectivity index (χ2v) is 4.72. The number of anilines is 1. The average molecular weight is 295 g/mol. The molecule has 0 aliphatic heterocycles. The van der Waals surface area contributed by atoms with Crippen LogP contribution in [0, 0.1) is 0 Å². The highest BCUT2D eigenvalue weighted by Crippen LogP contribution is 2.30. The second-order valence-electron chi connectivity index (χ2n) is 3.86. The molecule has 5 heteroatoms. The van der Waals surface area contributed by atoms with E-state index < -0.39 is 5.97 Å². The fraction of sp³-hybridized carbons (Fsp3) is 0.167. The minimum Gasteiger partial charge on any atom is -0.477 e. The molecule has 88 valence electrons. The third-order valence-corrected chi connectivity index (χ3v) is 3.11. The predicted molar refractivity (Wildman–Crippen MR) is 70.7 cm³/mol. The van der Waals surface area contributed by atoms with Gasteiger partial charge in [0.25, 0.3) is 0 Å². The molecule has 0 spiro atoms. The number of para-hydroxylation sites is 1. The molecule has 1 aromatic heterocycles. The van der Waals surface area contributed by atoms with Crippen LogP contribution in [-0.2, 0) is 0 Å². The summed E-state index contributed by atoms with van der Waals surface area (Å²) in [6, 6.07) is 7.26. The zero-order valence-electron chi connectivity index (χ0n) is 9.44. The second kappa shape index (κ2) is 4.33. The number of nitrogens with zero attached hydrogens (tertiary/aromatic N) is 2. The Balaban J connectivity index is 2.86. The van der Waals surface area contributed by atoms with Gasteiger partial charge < -0.3 is 10.0 Å². The molecule has 2 rings (SSSR count). The molecule has 0 aliphatic rings. The van der Waals surface area contributed by atoms with Crippen LogP contribution < -0.4 is 4.90 Å². The van der Waals surface area contributed by atoms with E-state index in [1.54, 1.807) is 6.07 Å². The van der Waals surface area contributed by atoms with Crippen molar-refractivity contribution in [2.24, 2.45) is 0 Å². The number of hydrogen-bond acceptors (Lipinski definition) is 3. The number of fused-ring (bicyclic) bond motifs is 1. The van der Waals surface area contributed by atoms with Crippen LogP contribution >= 0.6 is 15.9 Å². The van der Waals surface area contributed by atoms with Gasteiger partial charge in [-0.2, -0.15) is 0 Å². The molecule has 0 fully saturated rings. The summed E-state index contributed by atoms with van der Waals surface area (Å²) < 4.78 is 0.793. The summed E-state index contributed by atoms with van der Waals surface area (Å²) in [5.74, 6) is -1.02. The van der Waals surface area contributed by atoms with Crippen LogP contribution in [0.4, 0.5) is 5.69 Å². The van der Waals surface area contributed by atoms with Gasteiger partial charge >= 0.3 is 5.97 Å². The lowest BCUT2D eigenvalue weighted by Gasteiger charge is -2.16. The third kappa shape index (κ3) is 2.10. The monoisotopic (exact) mass is 294 g/mol. The Kier molecular flexibility index (Phi) is 3.02. The van der Waals surface area contributed by atoms with E-state index in [0.29, 0.717) is 5.52 Å². The van der Waals surface area contributed by atoms with Crippen molar-refractivity contribution in [3.05, 3.63) is 34.4 Å². The van der Waals surface area contributed by atoms with Gasteiger partial charge in [-0.1, -0.05) is 12.1 Å². The molecular weight excluding hydrogens is 284 g/mol. The number of carbonyl (C=O) groups is 1. The zero-order valence-corrected chi connectivity index (χ0v) is 11.0. The standard InChI is InChI=1S/C12H11BrN2O2/c1-15(2)10-6-9(12(16)17)14-11-7(10)4-3-5-8(11)13/h3-6H,1-2H3,(H,16,17). The van der Waals surface area contributed by atoms with Gasteiger partial charge in [0, 0.05) is 29.6 Å². The lowest BCUT2D eigenvalue weighted by molar-refractivity contribution is 0.0691. The highest BCUT2D eigenvalue weighted by molar-refractivity contribution is 9.10. The van der Waals surface area contributed by atoms with E-state index in [9.17, 15) is 4.79 Å². The van der Waals surface area contributed by atoms with Crippen molar-refractivity contribution in [3.8, 4) is 0 Å². The number of carboxylic acids is 1. The number of rotatable bonds is 2. The van der Waals surface area contributed by atoms with Crippen molar-refractivity contribution in [3.63, 3.8) is 0 Å². The molecule has 4 nitrogen and oxygen atoms in total. The number of carboxylic acid groups (broad SMARTS) is 1. The first kappa shape index (κ1) is 11.9.